The van der Waals surface area contributed by atoms with E-state index in [0.29, 0.717) is 37.7 Å². The summed E-state index contributed by atoms with van der Waals surface area (Å²) in [5, 5.41) is 35.9. The van der Waals surface area contributed by atoms with Crippen LogP contribution in [0.15, 0.2) is 53.7 Å². The summed E-state index contributed by atoms with van der Waals surface area (Å²) < 4.78 is 52.9. The number of aryl methyl sites for hydroxylation is 1. The molecule has 3 saturated heterocycles. The number of ether oxygens (including phenoxy) is 8. The molecule has 17 nitrogen and oxygen atoms in total. The van der Waals surface area contributed by atoms with Gasteiger partial charge in [0.1, 0.15) is 29.5 Å². The van der Waals surface area contributed by atoms with Crippen LogP contribution in [-0.4, -0.2) is 175 Å². The Balaban J connectivity index is 1.33. The Hall–Kier alpha value is -3.81. The number of rotatable bonds is 19. The molecule has 1 aromatic carbocycles. The summed E-state index contributed by atoms with van der Waals surface area (Å²) in [7, 11) is 5.82. The van der Waals surface area contributed by atoms with Gasteiger partial charge in [0.2, 0.25) is 5.43 Å². The van der Waals surface area contributed by atoms with E-state index in [1.165, 1.54) is 6.92 Å². The van der Waals surface area contributed by atoms with Gasteiger partial charge in [-0.25, -0.2) is 4.79 Å². The number of likely N-dealkylation sites (N-methyl/N-ethyl adjacent to an activating group) is 2. The quantitative estimate of drug-likeness (QED) is 0.0527. The van der Waals surface area contributed by atoms with E-state index in [9.17, 15) is 29.7 Å². The van der Waals surface area contributed by atoms with Crippen LogP contribution in [0.2, 0.25) is 0 Å². The fraction of sp³-hybridized carbons (Fsp3) is 0.742. The molecule has 17 heteroatoms. The molecule has 0 spiro atoms. The van der Waals surface area contributed by atoms with Crippen molar-refractivity contribution in [1.82, 2.24) is 14.4 Å². The third-order valence-electron chi connectivity index (χ3n) is 16.9. The van der Waals surface area contributed by atoms with Gasteiger partial charge in [0.25, 0.3) is 0 Å². The van der Waals surface area contributed by atoms with Crippen LogP contribution in [-0.2, 0) is 49.2 Å². The maximum atomic E-state index is 14.6. The number of carbonyl (C=O) groups excluding carboxylic acids is 2. The number of hydrogen-bond acceptors (Lipinski definition) is 16. The van der Waals surface area contributed by atoms with Crippen molar-refractivity contribution in [2.75, 3.05) is 54.1 Å². The molecule has 2 aromatic rings. The largest absolute Gasteiger partial charge is 0.462 e. The predicted octanol–water partition coefficient (Wildman–Crippen LogP) is 8.16. The zero-order chi connectivity index (χ0) is 58.5. The van der Waals surface area contributed by atoms with Gasteiger partial charge in [0.15, 0.2) is 12.6 Å². The number of pyridine rings is 1. The van der Waals surface area contributed by atoms with Crippen LogP contribution in [0.3, 0.4) is 0 Å². The minimum atomic E-state index is -1.78. The number of esters is 2. The molecule has 4 unspecified atom stereocenters. The zero-order valence-corrected chi connectivity index (χ0v) is 50.4. The van der Waals surface area contributed by atoms with Gasteiger partial charge < -0.3 is 67.6 Å². The molecule has 0 saturated carbocycles. The van der Waals surface area contributed by atoms with Crippen molar-refractivity contribution in [2.45, 2.75) is 214 Å². The number of benzene rings is 1. The van der Waals surface area contributed by atoms with Crippen LogP contribution in [0.1, 0.15) is 144 Å². The van der Waals surface area contributed by atoms with Crippen LogP contribution < -0.4 is 5.43 Å². The SMILES string of the molecule is C=CC1(C)C[C@H](O[C@H]2[C@H](C)C(OC3O[C@H](C)C[C@H](N(C)C)[C@H]3O)CC(C)C[C@@H](C)CN(C)[C@H](C)[C@H](O)[C@](C)(O)[C@@H](CC)OC(=O)[C@@H]2C)O[C@@H](C)[C@@H]1OCCOCC=C=Cc1ccc2c(c1)c(=O)c(C(=O)OCC)cn2CCCC. The van der Waals surface area contributed by atoms with Crippen molar-refractivity contribution >= 4 is 28.9 Å². The van der Waals surface area contributed by atoms with E-state index in [2.05, 4.69) is 44.9 Å². The minimum absolute atomic E-state index is 0.0170. The highest BCUT2D eigenvalue weighted by molar-refractivity contribution is 5.94. The third-order valence-corrected chi connectivity index (χ3v) is 16.9. The topological polar surface area (TPSA) is 197 Å². The maximum Gasteiger partial charge on any atom is 0.343 e. The number of fused-ring (bicyclic) bond motifs is 1. The van der Waals surface area contributed by atoms with Crippen molar-refractivity contribution < 1.29 is 62.8 Å². The zero-order valence-electron chi connectivity index (χ0n) is 50.4. The van der Waals surface area contributed by atoms with E-state index >= 15 is 0 Å². The van der Waals surface area contributed by atoms with E-state index in [1.807, 2.05) is 83.4 Å². The molecule has 0 radical (unpaired) electrons. The molecule has 5 rings (SSSR count). The van der Waals surface area contributed by atoms with Gasteiger partial charge in [-0.15, -0.1) is 12.3 Å². The monoisotopic (exact) mass is 1110 g/mol. The second-order valence-corrected chi connectivity index (χ2v) is 23.8. The molecule has 3 aliphatic rings. The van der Waals surface area contributed by atoms with Crippen molar-refractivity contribution in [1.29, 1.82) is 0 Å². The first-order valence-electron chi connectivity index (χ1n) is 29.2. The smallest absolute Gasteiger partial charge is 0.343 e. The number of hydrogen-bond donors (Lipinski definition) is 3. The molecule has 79 heavy (non-hydrogen) atoms. The molecule has 446 valence electrons. The molecule has 0 amide bonds. The number of aliphatic hydroxyl groups excluding tert-OH is 2. The molecular formula is C62H99N3O14. The van der Waals surface area contributed by atoms with Crippen molar-refractivity contribution in [3.63, 3.8) is 0 Å². The Morgan fingerprint density at radius 2 is 1.70 bits per heavy atom. The van der Waals surface area contributed by atoms with Gasteiger partial charge >= 0.3 is 11.9 Å². The Bertz CT molecular complexity index is 2400. The third kappa shape index (κ3) is 16.9. The maximum absolute atomic E-state index is 14.6. The molecule has 3 fully saturated rings. The van der Waals surface area contributed by atoms with Crippen LogP contribution >= 0.6 is 0 Å². The molecule has 0 bridgehead atoms. The first-order valence-corrected chi connectivity index (χ1v) is 29.2. The van der Waals surface area contributed by atoms with Gasteiger partial charge in [-0.1, -0.05) is 60.1 Å². The van der Waals surface area contributed by atoms with Crippen molar-refractivity contribution in [3.05, 3.63) is 70.2 Å². The summed E-state index contributed by atoms with van der Waals surface area (Å²) in [5.41, 5.74) is 1.87. The molecule has 0 aliphatic carbocycles. The normalized spacial score (nSPS) is 35.6. The lowest BCUT2D eigenvalue weighted by atomic mass is 9.76. The molecule has 18 atom stereocenters. The molecule has 3 aliphatic heterocycles. The first-order chi connectivity index (χ1) is 37.3. The number of nitrogens with zero attached hydrogens (tertiary/aromatic N) is 3. The molecule has 1 aromatic heterocycles. The number of aromatic nitrogens is 1. The second-order valence-electron chi connectivity index (χ2n) is 23.8. The Morgan fingerprint density at radius 3 is 2.35 bits per heavy atom. The first kappa shape index (κ1) is 66.0. The Kier molecular flexibility index (Phi) is 25.0. The minimum Gasteiger partial charge on any atom is -0.462 e. The van der Waals surface area contributed by atoms with Crippen LogP contribution in [0.5, 0.6) is 0 Å². The van der Waals surface area contributed by atoms with E-state index in [1.54, 1.807) is 38.3 Å². The highest BCUT2D eigenvalue weighted by Gasteiger charge is 2.50. The van der Waals surface area contributed by atoms with E-state index < -0.39 is 96.1 Å². The van der Waals surface area contributed by atoms with Gasteiger partial charge in [-0.2, -0.15) is 0 Å². The summed E-state index contributed by atoms with van der Waals surface area (Å²) in [6.07, 6.45) is 3.98. The van der Waals surface area contributed by atoms with Crippen molar-refractivity contribution in [3.8, 4) is 0 Å². The summed E-state index contributed by atoms with van der Waals surface area (Å²) in [6, 6.07) is 4.92. The average molecular weight is 1110 g/mol. The fourth-order valence-electron chi connectivity index (χ4n) is 12.1. The molecule has 4 heterocycles. The highest BCUT2D eigenvalue weighted by Crippen LogP contribution is 2.42. The van der Waals surface area contributed by atoms with Gasteiger partial charge in [-0.05, 0) is 136 Å². The van der Waals surface area contributed by atoms with E-state index in [-0.39, 0.29) is 67.8 Å². The highest BCUT2D eigenvalue weighted by atomic mass is 16.7. The Morgan fingerprint density at radius 1 is 0.975 bits per heavy atom. The van der Waals surface area contributed by atoms with Gasteiger partial charge in [0, 0.05) is 54.5 Å². The number of cyclic esters (lactones) is 1. The predicted molar refractivity (Wildman–Crippen MR) is 306 cm³/mol. The van der Waals surface area contributed by atoms with Crippen molar-refractivity contribution in [2.24, 2.45) is 29.1 Å². The number of unbranched alkanes of at least 4 members (excludes halogenated alkanes) is 1. The lowest BCUT2D eigenvalue weighted by Gasteiger charge is -2.48. The van der Waals surface area contributed by atoms with Gasteiger partial charge in [0.05, 0.1) is 68.4 Å². The van der Waals surface area contributed by atoms with Crippen LogP contribution in [0, 0.1) is 29.1 Å². The lowest BCUT2D eigenvalue weighted by molar-refractivity contribution is -0.298. The molecular weight excluding hydrogens is 1010 g/mol. The summed E-state index contributed by atoms with van der Waals surface area (Å²) >= 11 is 0. The standard InChI is InChI=1S/C62H99N3O14/c1-17-21-27-65-37-47(59(70)73-20-4)53(66)46-34-45(25-26-48(46)65)24-22-23-28-72-29-30-74-57-44(11)76-52(35-61(57,12)19-3)79-55-41(8)50(77-60-54(67)49(63(14)15)33-40(7)75-60)32-38(5)31-39(6)36-64(16)43(10)56(68)62(13,71)51(18-2)78-58(69)42(55)9/h19,23-26,34,37-44,49-52,54-57,60,67-68,71H,3,17-18,20-21,27-33,35-36H2,1-2,4-16H3/t22?,38?,39-,40-,41-,42-,43-,44+,49+,50?,51-,52+,54-,55+,56+,57+,60?,61?,62-/m1/s1. The second kappa shape index (κ2) is 30.0. The van der Waals surface area contributed by atoms with Gasteiger partial charge in [-0.3, -0.25) is 9.59 Å². The Labute approximate surface area is 471 Å². The van der Waals surface area contributed by atoms with E-state index in [0.717, 1.165) is 30.3 Å². The van der Waals surface area contributed by atoms with E-state index in [4.69, 9.17) is 37.9 Å². The summed E-state index contributed by atoms with van der Waals surface area (Å²) in [6.45, 7) is 29.6. The van der Waals surface area contributed by atoms with Crippen LogP contribution in [0.4, 0.5) is 0 Å². The fourth-order valence-corrected chi connectivity index (χ4v) is 12.1. The van der Waals surface area contributed by atoms with Crippen LogP contribution in [0.25, 0.3) is 17.0 Å². The summed E-state index contributed by atoms with van der Waals surface area (Å²) in [5.74, 6) is -2.30. The number of carbonyl (C=O) groups is 2. The number of aliphatic hydroxyl groups is 3. The lowest BCUT2D eigenvalue weighted by Crippen LogP contribution is -2.59. The average Bonchev–Trinajstić information content (AvgIpc) is 3.44. The molecule has 3 N–H and O–H groups in total. The summed E-state index contributed by atoms with van der Waals surface area (Å²) in [4.78, 5) is 44.8.